The number of ether oxygens (including phenoxy) is 2. The fourth-order valence-corrected chi connectivity index (χ4v) is 8.12. The second kappa shape index (κ2) is 10.3. The van der Waals surface area contributed by atoms with Gasteiger partial charge in [0.15, 0.2) is 5.60 Å². The number of hydrogen-bond acceptors (Lipinski definition) is 9. The summed E-state index contributed by atoms with van der Waals surface area (Å²) in [6.07, 6.45) is 1.24. The maximum atomic E-state index is 11.3. The van der Waals surface area contributed by atoms with Gasteiger partial charge in [-0.1, -0.05) is 37.8 Å². The monoisotopic (exact) mass is 526 g/mol. The molecule has 2 aliphatic heterocycles. The fraction of sp³-hybridized carbons (Fsp3) is 0.741. The Morgan fingerprint density at radius 1 is 1.03 bits per heavy atom. The van der Waals surface area contributed by atoms with Crippen molar-refractivity contribution in [3.8, 4) is 5.75 Å². The van der Waals surface area contributed by atoms with Crippen molar-refractivity contribution in [2.75, 3.05) is 0 Å². The third-order valence-corrected chi connectivity index (χ3v) is 9.83. The quantitative estimate of drug-likeness (QED) is 0.306. The molecule has 2 bridgehead atoms. The predicted octanol–water partition coefficient (Wildman–Crippen LogP) is -1.83. The second-order valence-electron chi connectivity index (χ2n) is 11.5. The summed E-state index contributed by atoms with van der Waals surface area (Å²) in [6.45, 7) is 2.09. The number of aliphatic carboxylic acids is 1. The molecule has 6 rings (SSSR count). The first-order valence-corrected chi connectivity index (χ1v) is 13.3. The molecule has 9 nitrogen and oxygen atoms in total. The molecular formula is C27H35NaO9. The Morgan fingerprint density at radius 2 is 1.81 bits per heavy atom. The molecule has 3 aliphatic carbocycles. The van der Waals surface area contributed by atoms with E-state index in [-0.39, 0.29) is 29.6 Å². The molecule has 5 fully saturated rings. The van der Waals surface area contributed by atoms with Crippen molar-refractivity contribution in [3.05, 3.63) is 29.8 Å². The van der Waals surface area contributed by atoms with Crippen LogP contribution in [0.15, 0.2) is 24.3 Å². The zero-order valence-electron chi connectivity index (χ0n) is 21.5. The fourth-order valence-electron chi connectivity index (χ4n) is 8.12. The molecule has 3 saturated carbocycles. The van der Waals surface area contributed by atoms with E-state index < -0.39 is 47.9 Å². The molecule has 198 valence electrons. The average molecular weight is 527 g/mol. The summed E-state index contributed by atoms with van der Waals surface area (Å²) in [5.41, 5.74) is -0.205. The van der Waals surface area contributed by atoms with Gasteiger partial charge in [0.2, 0.25) is 6.29 Å². The van der Waals surface area contributed by atoms with Crippen LogP contribution < -0.4 is 39.4 Å². The zero-order valence-corrected chi connectivity index (χ0v) is 23.5. The summed E-state index contributed by atoms with van der Waals surface area (Å²) in [5.74, 6) is 0.894. The van der Waals surface area contributed by atoms with Crippen LogP contribution in [0.3, 0.4) is 0 Å². The molecule has 1 aromatic rings. The van der Waals surface area contributed by atoms with Crippen LogP contribution >= 0.6 is 0 Å². The number of aliphatic hydroxyl groups is 3. The molecule has 37 heavy (non-hydrogen) atoms. The summed E-state index contributed by atoms with van der Waals surface area (Å²) in [6, 6.07) is 7.25. The van der Waals surface area contributed by atoms with Gasteiger partial charge in [-0.25, -0.2) is 9.78 Å². The van der Waals surface area contributed by atoms with E-state index in [9.17, 15) is 25.2 Å². The van der Waals surface area contributed by atoms with Crippen LogP contribution in [0.25, 0.3) is 0 Å². The number of fused-ring (bicyclic) bond motifs is 2. The van der Waals surface area contributed by atoms with Crippen molar-refractivity contribution in [2.45, 2.75) is 100 Å². The van der Waals surface area contributed by atoms with Gasteiger partial charge in [0.25, 0.3) is 0 Å². The molecule has 2 saturated heterocycles. The van der Waals surface area contributed by atoms with E-state index in [1.54, 1.807) is 12.1 Å². The van der Waals surface area contributed by atoms with E-state index >= 15 is 0 Å². The zero-order chi connectivity index (χ0) is 25.2. The third-order valence-electron chi connectivity index (χ3n) is 9.83. The van der Waals surface area contributed by atoms with Gasteiger partial charge in [-0.05, 0) is 74.0 Å². The Hall–Kier alpha value is -0.750. The molecule has 0 amide bonds. The van der Waals surface area contributed by atoms with Crippen LogP contribution in [-0.4, -0.2) is 57.6 Å². The van der Waals surface area contributed by atoms with Crippen LogP contribution in [-0.2, 0) is 24.9 Å². The first-order valence-electron chi connectivity index (χ1n) is 13.3. The van der Waals surface area contributed by atoms with E-state index in [1.807, 2.05) is 12.1 Å². The van der Waals surface area contributed by atoms with Gasteiger partial charge in [0.1, 0.15) is 35.8 Å². The van der Waals surface area contributed by atoms with E-state index in [1.165, 1.54) is 38.5 Å². The Balaban J connectivity index is 0.00000280. The van der Waals surface area contributed by atoms with E-state index in [4.69, 9.17) is 19.2 Å². The Bertz CT molecular complexity index is 1010. The summed E-state index contributed by atoms with van der Waals surface area (Å²) in [4.78, 5) is 23.5. The standard InChI is InChI=1S/C27H36O9.Na/c1-26(27(36-35-26)16-8-5-11-19(27)18-10-3-2-6-14(18)12-16)15-7-4-9-17(13-15)33-25-22(30)20(28)21(29)23(34-25)24(31)32;/h4,7,9,13-14,16,18-23,25,28-30H,2-3,5-6,8,10-12H2,1H3,(H,31,32);/q;+1/p-1/t14?,16?,18?,19?,20-,21-,22?,23?,25+,26?,27?;/m0./s1. The summed E-state index contributed by atoms with van der Waals surface area (Å²) >= 11 is 0. The number of carboxylic acid groups (broad SMARTS) is 1. The van der Waals surface area contributed by atoms with E-state index in [2.05, 4.69) is 6.92 Å². The van der Waals surface area contributed by atoms with Gasteiger partial charge in [0, 0.05) is 0 Å². The topological polar surface area (TPSA) is 138 Å². The number of carbonyl (C=O) groups is 1. The van der Waals surface area contributed by atoms with Crippen LogP contribution in [0, 0.1) is 23.7 Å². The first kappa shape index (κ1) is 27.8. The SMILES string of the molecule is CC1(c2cccc(O[C@@H]3OC(C(=O)[O-])[C@@H](O)[C@H](O)C3O)c2)OOC12C1CCCC2C2CCCCC2C1.[Na+]. The minimum atomic E-state index is -1.83. The minimum absolute atomic E-state index is 0. The predicted molar refractivity (Wildman–Crippen MR) is 122 cm³/mol. The molecule has 10 heteroatoms. The van der Waals surface area contributed by atoms with Crippen molar-refractivity contribution in [1.29, 1.82) is 0 Å². The van der Waals surface area contributed by atoms with Gasteiger partial charge < -0.3 is 34.7 Å². The summed E-state index contributed by atoms with van der Waals surface area (Å²) in [5, 5.41) is 41.7. The molecule has 1 spiro atoms. The maximum Gasteiger partial charge on any atom is 1.00 e. The number of rotatable bonds is 4. The Morgan fingerprint density at radius 3 is 2.54 bits per heavy atom. The van der Waals surface area contributed by atoms with Crippen molar-refractivity contribution in [1.82, 2.24) is 0 Å². The van der Waals surface area contributed by atoms with Gasteiger partial charge in [0.05, 0.1) is 5.97 Å². The molecule has 3 N–H and O–H groups in total. The van der Waals surface area contributed by atoms with E-state index in [0.717, 1.165) is 24.3 Å². The van der Waals surface area contributed by atoms with Crippen LogP contribution in [0.1, 0.15) is 63.9 Å². The van der Waals surface area contributed by atoms with Crippen molar-refractivity contribution in [2.24, 2.45) is 23.7 Å². The number of hydrogen-bond donors (Lipinski definition) is 3. The number of aliphatic hydroxyl groups excluding tert-OH is 3. The van der Waals surface area contributed by atoms with Crippen LogP contribution in [0.4, 0.5) is 0 Å². The largest absolute Gasteiger partial charge is 1.00 e. The number of carbonyl (C=O) groups excluding carboxylic acids is 1. The first-order chi connectivity index (χ1) is 17.3. The number of benzene rings is 1. The molecule has 0 radical (unpaired) electrons. The van der Waals surface area contributed by atoms with Crippen molar-refractivity contribution in [3.63, 3.8) is 0 Å². The van der Waals surface area contributed by atoms with Gasteiger partial charge >= 0.3 is 29.6 Å². The van der Waals surface area contributed by atoms with Crippen LogP contribution in [0.2, 0.25) is 0 Å². The smallest absolute Gasteiger partial charge is 0.547 e. The molecule has 1 aromatic carbocycles. The molecule has 5 aliphatic rings. The maximum absolute atomic E-state index is 11.3. The molecule has 0 aromatic heterocycles. The number of carboxylic acids is 1. The van der Waals surface area contributed by atoms with Crippen molar-refractivity contribution >= 4 is 5.97 Å². The van der Waals surface area contributed by atoms with E-state index in [0.29, 0.717) is 23.5 Å². The normalized spacial score (nSPS) is 46.8. The molecular weight excluding hydrogens is 491 g/mol. The summed E-state index contributed by atoms with van der Waals surface area (Å²) < 4.78 is 11.0. The van der Waals surface area contributed by atoms with Crippen LogP contribution in [0.5, 0.6) is 5.75 Å². The third kappa shape index (κ3) is 4.21. The van der Waals surface area contributed by atoms with Crippen molar-refractivity contribution < 1.29 is 74.0 Å². The Labute approximate surface area is 238 Å². The molecule has 2 heterocycles. The minimum Gasteiger partial charge on any atom is -0.547 e. The Kier molecular flexibility index (Phi) is 7.77. The summed E-state index contributed by atoms with van der Waals surface area (Å²) in [7, 11) is 0. The van der Waals surface area contributed by atoms with Gasteiger partial charge in [-0.15, -0.1) is 0 Å². The molecule has 8 unspecified atom stereocenters. The average Bonchev–Trinajstić information content (AvgIpc) is 2.87. The van der Waals surface area contributed by atoms with Gasteiger partial charge in [-0.2, -0.15) is 0 Å². The molecule has 11 atom stereocenters. The second-order valence-corrected chi connectivity index (χ2v) is 11.5. The van der Waals surface area contributed by atoms with Gasteiger partial charge in [-0.3, -0.25) is 0 Å².